The quantitative estimate of drug-likeness (QED) is 0.460. The Morgan fingerprint density at radius 2 is 1.73 bits per heavy atom. The number of benzene rings is 1. The van der Waals surface area contributed by atoms with Crippen LogP contribution >= 0.6 is 0 Å². The standard InChI is InChI=1S/C14H21NO.C12H9F2N.C2H6/c1-2-11-12-6-4-3-5-10(12)9-15-13(11)7-8-14(15)16;1-8-2-3-9(7-15-8)10-4-11(13)6-12(14)5-10;1-2/h2,10-13H,1,3-9H2;2-7H,1H3;1-2H3/t10?,11?,12?,13-;;/m1../s1. The highest BCUT2D eigenvalue weighted by Crippen LogP contribution is 2.45. The number of halogens is 2. The number of nitrogens with zero attached hydrogens (tertiary/aromatic N) is 2. The number of pyridine rings is 1. The first kappa shape index (κ1) is 25.1. The lowest BCUT2D eigenvalue weighted by Gasteiger charge is -2.48. The highest BCUT2D eigenvalue weighted by Gasteiger charge is 2.46. The number of carbonyl (C=O) groups is 1. The number of hydrogen-bond acceptors (Lipinski definition) is 2. The summed E-state index contributed by atoms with van der Waals surface area (Å²) in [7, 11) is 0. The van der Waals surface area contributed by atoms with E-state index in [4.69, 9.17) is 0 Å². The molecular weight excluding hydrogens is 418 g/mol. The lowest BCUT2D eigenvalue weighted by Crippen LogP contribution is -2.51. The molecule has 1 aliphatic carbocycles. The van der Waals surface area contributed by atoms with Crippen LogP contribution in [0.25, 0.3) is 11.1 Å². The van der Waals surface area contributed by atoms with Crippen LogP contribution in [-0.2, 0) is 4.79 Å². The summed E-state index contributed by atoms with van der Waals surface area (Å²) in [5, 5.41) is 0. The zero-order valence-corrected chi connectivity index (χ0v) is 20.1. The molecule has 3 nitrogen and oxygen atoms in total. The monoisotopic (exact) mass is 454 g/mol. The number of rotatable bonds is 2. The molecule has 4 atom stereocenters. The number of carbonyl (C=O) groups excluding carboxylic acids is 1. The summed E-state index contributed by atoms with van der Waals surface area (Å²) in [5.74, 6) is 1.39. The van der Waals surface area contributed by atoms with Gasteiger partial charge < -0.3 is 4.90 Å². The van der Waals surface area contributed by atoms with E-state index in [9.17, 15) is 13.6 Å². The molecule has 3 fully saturated rings. The summed E-state index contributed by atoms with van der Waals surface area (Å²) in [6.45, 7) is 10.9. The summed E-state index contributed by atoms with van der Waals surface area (Å²) in [4.78, 5) is 18.1. The van der Waals surface area contributed by atoms with Crippen LogP contribution in [0.2, 0.25) is 0 Å². The molecule has 3 heterocycles. The summed E-state index contributed by atoms with van der Waals surface area (Å²) in [6.07, 6.45) is 11.0. The van der Waals surface area contributed by atoms with Gasteiger partial charge in [0.05, 0.1) is 0 Å². The molecule has 2 aliphatic heterocycles. The number of fused-ring (bicyclic) bond motifs is 2. The molecule has 1 amide bonds. The number of piperidine rings is 1. The van der Waals surface area contributed by atoms with Crippen molar-refractivity contribution >= 4 is 5.91 Å². The topological polar surface area (TPSA) is 33.2 Å². The molecule has 5 heteroatoms. The second kappa shape index (κ2) is 11.5. The first-order chi connectivity index (χ1) is 16.0. The van der Waals surface area contributed by atoms with Gasteiger partial charge in [0, 0.05) is 48.4 Å². The Hall–Kier alpha value is -2.56. The van der Waals surface area contributed by atoms with Crippen LogP contribution in [0.5, 0.6) is 0 Å². The van der Waals surface area contributed by atoms with Crippen LogP contribution in [0.4, 0.5) is 8.78 Å². The van der Waals surface area contributed by atoms with E-state index >= 15 is 0 Å². The fraction of sp³-hybridized carbons (Fsp3) is 0.500. The Labute approximate surface area is 196 Å². The molecule has 2 saturated heterocycles. The van der Waals surface area contributed by atoms with Gasteiger partial charge in [-0.1, -0.05) is 38.8 Å². The molecule has 0 radical (unpaired) electrons. The molecule has 3 aliphatic rings. The molecule has 33 heavy (non-hydrogen) atoms. The van der Waals surface area contributed by atoms with Gasteiger partial charge in [-0.15, -0.1) is 6.58 Å². The van der Waals surface area contributed by atoms with Crippen molar-refractivity contribution in [2.24, 2.45) is 17.8 Å². The third kappa shape index (κ3) is 5.87. The third-order valence-electron chi connectivity index (χ3n) is 7.09. The number of aryl methyl sites for hydroxylation is 1. The average molecular weight is 455 g/mol. The fourth-order valence-electron chi connectivity index (χ4n) is 5.59. The van der Waals surface area contributed by atoms with Gasteiger partial charge in [0.15, 0.2) is 0 Å². The molecule has 5 rings (SSSR count). The summed E-state index contributed by atoms with van der Waals surface area (Å²) in [6, 6.07) is 7.51. The summed E-state index contributed by atoms with van der Waals surface area (Å²) >= 11 is 0. The first-order valence-electron chi connectivity index (χ1n) is 12.3. The molecule has 3 unspecified atom stereocenters. The summed E-state index contributed by atoms with van der Waals surface area (Å²) in [5.41, 5.74) is 2.08. The van der Waals surface area contributed by atoms with E-state index in [0.29, 0.717) is 29.0 Å². The van der Waals surface area contributed by atoms with E-state index in [1.54, 1.807) is 18.3 Å². The minimum Gasteiger partial charge on any atom is -0.339 e. The Bertz CT molecular complexity index is 923. The van der Waals surface area contributed by atoms with Crippen LogP contribution in [-0.4, -0.2) is 28.4 Å². The average Bonchev–Trinajstić information content (AvgIpc) is 3.19. The Kier molecular flexibility index (Phi) is 8.76. The van der Waals surface area contributed by atoms with Crippen LogP contribution in [0.1, 0.15) is 58.1 Å². The van der Waals surface area contributed by atoms with Gasteiger partial charge >= 0.3 is 0 Å². The van der Waals surface area contributed by atoms with Crippen LogP contribution in [0.3, 0.4) is 0 Å². The van der Waals surface area contributed by atoms with E-state index in [-0.39, 0.29) is 0 Å². The normalized spacial score (nSPS) is 25.6. The SMILES string of the molecule is C=CC1C2CCCCC2CN2C(=O)CC[C@H]12.CC.Cc1ccc(-c2cc(F)cc(F)c2)cn1. The van der Waals surface area contributed by atoms with Crippen molar-refractivity contribution in [2.45, 2.75) is 65.3 Å². The number of hydrogen-bond donors (Lipinski definition) is 0. The lowest BCUT2D eigenvalue weighted by atomic mass is 9.67. The Morgan fingerprint density at radius 3 is 2.36 bits per heavy atom. The Balaban J connectivity index is 0.000000173. The van der Waals surface area contributed by atoms with Crippen molar-refractivity contribution in [3.8, 4) is 11.1 Å². The largest absolute Gasteiger partial charge is 0.339 e. The maximum Gasteiger partial charge on any atom is 0.222 e. The molecule has 1 aromatic carbocycles. The third-order valence-corrected chi connectivity index (χ3v) is 7.09. The predicted molar refractivity (Wildman–Crippen MR) is 130 cm³/mol. The van der Waals surface area contributed by atoms with Crippen molar-refractivity contribution < 1.29 is 13.6 Å². The minimum atomic E-state index is -0.578. The van der Waals surface area contributed by atoms with E-state index in [2.05, 4.69) is 22.5 Å². The van der Waals surface area contributed by atoms with Crippen LogP contribution in [0.15, 0.2) is 49.2 Å². The Morgan fingerprint density at radius 1 is 1.03 bits per heavy atom. The molecule has 1 saturated carbocycles. The second-order valence-electron chi connectivity index (χ2n) is 9.02. The van der Waals surface area contributed by atoms with E-state index in [1.807, 2.05) is 20.8 Å². The maximum atomic E-state index is 12.9. The zero-order chi connectivity index (χ0) is 24.0. The van der Waals surface area contributed by atoms with Gasteiger partial charge in [-0.05, 0) is 61.8 Å². The van der Waals surface area contributed by atoms with E-state index in [1.165, 1.54) is 37.8 Å². The predicted octanol–water partition coefficient (Wildman–Crippen LogP) is 6.96. The smallest absolute Gasteiger partial charge is 0.222 e. The van der Waals surface area contributed by atoms with Crippen molar-refractivity contribution in [3.05, 3.63) is 66.5 Å². The highest BCUT2D eigenvalue weighted by molar-refractivity contribution is 5.79. The van der Waals surface area contributed by atoms with Crippen LogP contribution in [0, 0.1) is 36.3 Å². The minimum absolute atomic E-state index is 0.390. The number of amides is 1. The van der Waals surface area contributed by atoms with Crippen molar-refractivity contribution in [1.82, 2.24) is 9.88 Å². The first-order valence-corrected chi connectivity index (χ1v) is 12.3. The van der Waals surface area contributed by atoms with Gasteiger partial charge in [-0.25, -0.2) is 8.78 Å². The van der Waals surface area contributed by atoms with Crippen molar-refractivity contribution in [1.29, 1.82) is 0 Å². The van der Waals surface area contributed by atoms with E-state index in [0.717, 1.165) is 43.0 Å². The van der Waals surface area contributed by atoms with Gasteiger partial charge in [0.1, 0.15) is 11.6 Å². The molecule has 0 N–H and O–H groups in total. The molecule has 1 aromatic heterocycles. The molecule has 0 bridgehead atoms. The maximum absolute atomic E-state index is 12.9. The van der Waals surface area contributed by atoms with Crippen molar-refractivity contribution in [3.63, 3.8) is 0 Å². The van der Waals surface area contributed by atoms with E-state index < -0.39 is 11.6 Å². The van der Waals surface area contributed by atoms with Gasteiger partial charge in [0.2, 0.25) is 5.91 Å². The molecule has 178 valence electrons. The molecule has 0 spiro atoms. The van der Waals surface area contributed by atoms with Gasteiger partial charge in [-0.3, -0.25) is 9.78 Å². The van der Waals surface area contributed by atoms with Gasteiger partial charge in [-0.2, -0.15) is 0 Å². The summed E-state index contributed by atoms with van der Waals surface area (Å²) < 4.78 is 25.9. The highest BCUT2D eigenvalue weighted by atomic mass is 19.1. The molecule has 2 aromatic rings. The van der Waals surface area contributed by atoms with Crippen LogP contribution < -0.4 is 0 Å². The molecular formula is C28H36F2N2O. The van der Waals surface area contributed by atoms with Gasteiger partial charge in [0.25, 0.3) is 0 Å². The zero-order valence-electron chi connectivity index (χ0n) is 20.1. The fourth-order valence-corrected chi connectivity index (χ4v) is 5.59. The van der Waals surface area contributed by atoms with Crippen molar-refractivity contribution in [2.75, 3.05) is 6.54 Å². The second-order valence-corrected chi connectivity index (χ2v) is 9.02. The lowest BCUT2D eigenvalue weighted by molar-refractivity contribution is -0.133. The number of aromatic nitrogens is 1.